The summed E-state index contributed by atoms with van der Waals surface area (Å²) in [6, 6.07) is 8.63. The van der Waals surface area contributed by atoms with E-state index in [4.69, 9.17) is 33.2 Å². The quantitative estimate of drug-likeness (QED) is 0.815. The van der Waals surface area contributed by atoms with Crippen LogP contribution in [-0.2, 0) is 0 Å². The van der Waals surface area contributed by atoms with Gasteiger partial charge in [-0.05, 0) is 12.1 Å². The Balaban J connectivity index is 2.51. The van der Waals surface area contributed by atoms with Gasteiger partial charge in [0, 0.05) is 17.2 Å². The van der Waals surface area contributed by atoms with Gasteiger partial charge in [-0.2, -0.15) is 0 Å². The maximum atomic E-state index is 9.00. The van der Waals surface area contributed by atoms with Crippen molar-refractivity contribution in [2.75, 3.05) is 0 Å². The van der Waals surface area contributed by atoms with Gasteiger partial charge in [-0.25, -0.2) is 0 Å². The normalized spacial score (nSPS) is 10.4. The van der Waals surface area contributed by atoms with Crippen molar-refractivity contribution in [3.63, 3.8) is 0 Å². The van der Waals surface area contributed by atoms with E-state index in [1.165, 1.54) is 12.3 Å². The van der Waals surface area contributed by atoms with Crippen molar-refractivity contribution in [3.05, 3.63) is 46.6 Å². The highest BCUT2D eigenvalue weighted by Crippen LogP contribution is 2.30. The summed E-state index contributed by atoms with van der Waals surface area (Å²) in [4.78, 5) is 4.09. The second-order valence-electron chi connectivity index (χ2n) is 3.45. The average molecular weight is 268 g/mol. The standard InChI is InChI=1S/C11H8BCl2NO2/c13-9-4-2-1-3-8(9)11-10(14)5-7(6-15-11)12(16)17/h1-6,16-17H. The summed E-state index contributed by atoms with van der Waals surface area (Å²) in [6.45, 7) is 0. The first-order chi connectivity index (χ1) is 8.09. The minimum absolute atomic E-state index is 0.241. The van der Waals surface area contributed by atoms with Crippen molar-refractivity contribution < 1.29 is 10.0 Å². The van der Waals surface area contributed by atoms with Gasteiger partial charge in [0.25, 0.3) is 0 Å². The number of halogens is 2. The molecule has 1 aromatic carbocycles. The van der Waals surface area contributed by atoms with E-state index in [9.17, 15) is 0 Å². The molecule has 0 unspecified atom stereocenters. The molecule has 0 atom stereocenters. The fraction of sp³-hybridized carbons (Fsp3) is 0. The van der Waals surface area contributed by atoms with Gasteiger partial charge in [0.1, 0.15) is 0 Å². The number of aromatic nitrogens is 1. The minimum atomic E-state index is -1.58. The zero-order valence-electron chi connectivity index (χ0n) is 8.64. The van der Waals surface area contributed by atoms with Crippen LogP contribution in [-0.4, -0.2) is 22.2 Å². The summed E-state index contributed by atoms with van der Waals surface area (Å²) in [5.74, 6) is 0. The van der Waals surface area contributed by atoms with Crippen LogP contribution in [0, 0.1) is 0 Å². The smallest absolute Gasteiger partial charge is 0.423 e. The Morgan fingerprint density at radius 2 is 1.76 bits per heavy atom. The average Bonchev–Trinajstić information content (AvgIpc) is 2.30. The Hall–Kier alpha value is -1.07. The lowest BCUT2D eigenvalue weighted by Crippen LogP contribution is -2.30. The molecule has 0 fully saturated rings. The molecule has 6 heteroatoms. The van der Waals surface area contributed by atoms with Crippen molar-refractivity contribution in [3.8, 4) is 11.3 Å². The van der Waals surface area contributed by atoms with Crippen LogP contribution in [0.3, 0.4) is 0 Å². The van der Waals surface area contributed by atoms with Gasteiger partial charge in [-0.15, -0.1) is 0 Å². The fourth-order valence-corrected chi connectivity index (χ4v) is 1.95. The molecular formula is C11H8BCl2NO2. The topological polar surface area (TPSA) is 53.4 Å². The molecule has 2 rings (SSSR count). The zero-order valence-corrected chi connectivity index (χ0v) is 10.2. The third-order valence-corrected chi connectivity index (χ3v) is 2.91. The Morgan fingerprint density at radius 1 is 1.06 bits per heavy atom. The lowest BCUT2D eigenvalue weighted by Gasteiger charge is -2.07. The third kappa shape index (κ3) is 2.61. The highest BCUT2D eigenvalue weighted by atomic mass is 35.5. The third-order valence-electron chi connectivity index (χ3n) is 2.29. The summed E-state index contributed by atoms with van der Waals surface area (Å²) < 4.78 is 0. The van der Waals surface area contributed by atoms with E-state index in [1.54, 1.807) is 12.1 Å². The van der Waals surface area contributed by atoms with Crippen molar-refractivity contribution in [1.82, 2.24) is 4.98 Å². The molecule has 3 nitrogen and oxygen atoms in total. The molecule has 2 N–H and O–H groups in total. The maximum absolute atomic E-state index is 9.00. The number of nitrogens with zero attached hydrogens (tertiary/aromatic N) is 1. The predicted molar refractivity (Wildman–Crippen MR) is 69.5 cm³/mol. The lowest BCUT2D eigenvalue weighted by molar-refractivity contribution is 0.425. The van der Waals surface area contributed by atoms with Gasteiger partial charge in [0.05, 0.1) is 15.7 Å². The molecule has 1 aromatic heterocycles. The maximum Gasteiger partial charge on any atom is 0.490 e. The Morgan fingerprint density at radius 3 is 2.35 bits per heavy atom. The van der Waals surface area contributed by atoms with E-state index >= 15 is 0 Å². The molecule has 0 radical (unpaired) electrons. The number of rotatable bonds is 2. The predicted octanol–water partition coefficient (Wildman–Crippen LogP) is 1.74. The zero-order chi connectivity index (χ0) is 12.4. The molecule has 0 amide bonds. The summed E-state index contributed by atoms with van der Waals surface area (Å²) in [5, 5.41) is 18.9. The van der Waals surface area contributed by atoms with Crippen LogP contribution in [0.25, 0.3) is 11.3 Å². The molecule has 0 saturated heterocycles. The molecule has 0 saturated carbocycles. The van der Waals surface area contributed by atoms with Gasteiger partial charge in [-0.1, -0.05) is 41.4 Å². The molecular weight excluding hydrogens is 260 g/mol. The Labute approximate surface area is 109 Å². The lowest BCUT2D eigenvalue weighted by atomic mass is 9.81. The first-order valence-electron chi connectivity index (χ1n) is 4.86. The monoisotopic (exact) mass is 267 g/mol. The number of pyridine rings is 1. The molecule has 0 bridgehead atoms. The second kappa shape index (κ2) is 5.06. The molecule has 0 spiro atoms. The van der Waals surface area contributed by atoms with Crippen LogP contribution >= 0.6 is 23.2 Å². The molecule has 0 aliphatic rings. The summed E-state index contributed by atoms with van der Waals surface area (Å²) >= 11 is 12.1. The summed E-state index contributed by atoms with van der Waals surface area (Å²) in [7, 11) is -1.58. The first-order valence-corrected chi connectivity index (χ1v) is 5.61. The second-order valence-corrected chi connectivity index (χ2v) is 4.27. The largest absolute Gasteiger partial charge is 0.490 e. The summed E-state index contributed by atoms with van der Waals surface area (Å²) in [6.07, 6.45) is 1.36. The van der Waals surface area contributed by atoms with E-state index in [0.29, 0.717) is 21.3 Å². The molecule has 17 heavy (non-hydrogen) atoms. The van der Waals surface area contributed by atoms with E-state index < -0.39 is 7.12 Å². The van der Waals surface area contributed by atoms with Gasteiger partial charge < -0.3 is 10.0 Å². The van der Waals surface area contributed by atoms with Gasteiger partial charge in [0.15, 0.2) is 0 Å². The highest BCUT2D eigenvalue weighted by molar-refractivity contribution is 6.59. The van der Waals surface area contributed by atoms with E-state index in [0.717, 1.165) is 0 Å². The Kier molecular flexibility index (Phi) is 3.69. The van der Waals surface area contributed by atoms with Crippen LogP contribution in [0.15, 0.2) is 36.5 Å². The van der Waals surface area contributed by atoms with Crippen molar-refractivity contribution in [1.29, 1.82) is 0 Å². The van der Waals surface area contributed by atoms with Crippen LogP contribution < -0.4 is 5.46 Å². The van der Waals surface area contributed by atoms with E-state index in [-0.39, 0.29) is 5.46 Å². The van der Waals surface area contributed by atoms with Crippen LogP contribution in [0.2, 0.25) is 10.0 Å². The SMILES string of the molecule is OB(O)c1cnc(-c2ccccc2Cl)c(Cl)c1. The van der Waals surface area contributed by atoms with Crippen LogP contribution in [0.1, 0.15) is 0 Å². The highest BCUT2D eigenvalue weighted by Gasteiger charge is 2.15. The number of hydrogen-bond acceptors (Lipinski definition) is 3. The number of hydrogen-bond donors (Lipinski definition) is 2. The van der Waals surface area contributed by atoms with E-state index in [1.807, 2.05) is 12.1 Å². The first kappa shape index (κ1) is 12.4. The number of benzene rings is 1. The molecule has 86 valence electrons. The van der Waals surface area contributed by atoms with Gasteiger partial charge in [-0.3, -0.25) is 4.98 Å². The van der Waals surface area contributed by atoms with Crippen molar-refractivity contribution in [2.24, 2.45) is 0 Å². The summed E-state index contributed by atoms with van der Waals surface area (Å²) in [5.41, 5.74) is 1.46. The minimum Gasteiger partial charge on any atom is -0.423 e. The molecule has 1 heterocycles. The molecule has 2 aromatic rings. The fourth-order valence-electron chi connectivity index (χ4n) is 1.45. The van der Waals surface area contributed by atoms with E-state index in [2.05, 4.69) is 4.98 Å². The van der Waals surface area contributed by atoms with Gasteiger partial charge in [0.2, 0.25) is 0 Å². The molecule has 0 aliphatic heterocycles. The molecule has 0 aliphatic carbocycles. The van der Waals surface area contributed by atoms with Crippen molar-refractivity contribution >= 4 is 35.8 Å². The van der Waals surface area contributed by atoms with Gasteiger partial charge >= 0.3 is 7.12 Å². The van der Waals surface area contributed by atoms with Crippen molar-refractivity contribution in [2.45, 2.75) is 0 Å². The van der Waals surface area contributed by atoms with Crippen LogP contribution in [0.4, 0.5) is 0 Å². The Bertz CT molecular complexity index is 549. The van der Waals surface area contributed by atoms with Crippen LogP contribution in [0.5, 0.6) is 0 Å².